The van der Waals surface area contributed by atoms with Crippen LogP contribution in [0, 0.1) is 10.1 Å². The molecule has 0 N–H and O–H groups in total. The smallest absolute Gasteiger partial charge is 0.313 e. The van der Waals surface area contributed by atoms with Gasteiger partial charge in [-0.25, -0.2) is 8.42 Å². The van der Waals surface area contributed by atoms with Gasteiger partial charge < -0.3 is 4.90 Å². The Kier molecular flexibility index (Phi) is 5.88. The molecule has 1 fully saturated rings. The molecule has 4 rings (SSSR count). The molecule has 2 aliphatic heterocycles. The van der Waals surface area contributed by atoms with E-state index in [9.17, 15) is 31.7 Å². The van der Waals surface area contributed by atoms with E-state index in [0.717, 1.165) is 23.8 Å². The molecular formula is C19H15ClF3N3O4S2. The van der Waals surface area contributed by atoms with E-state index in [2.05, 4.69) is 4.99 Å². The predicted octanol–water partition coefficient (Wildman–Crippen LogP) is 4.54. The maximum Gasteiger partial charge on any atom is 0.416 e. The molecule has 0 spiro atoms. The number of nitro groups is 1. The van der Waals surface area contributed by atoms with Crippen LogP contribution in [0.3, 0.4) is 0 Å². The van der Waals surface area contributed by atoms with Gasteiger partial charge in [-0.1, -0.05) is 35.5 Å². The van der Waals surface area contributed by atoms with Crippen LogP contribution in [0.1, 0.15) is 11.1 Å². The van der Waals surface area contributed by atoms with Crippen molar-refractivity contribution < 1.29 is 26.5 Å². The topological polar surface area (TPSA) is 92.9 Å². The second-order valence-corrected chi connectivity index (χ2v) is 10.9. The van der Waals surface area contributed by atoms with Crippen LogP contribution in [0.15, 0.2) is 47.5 Å². The summed E-state index contributed by atoms with van der Waals surface area (Å²) in [6.45, 7) is 0. The van der Waals surface area contributed by atoms with Crippen molar-refractivity contribution in [1.29, 1.82) is 0 Å². The molecule has 0 radical (unpaired) electrons. The number of alkyl halides is 3. The summed E-state index contributed by atoms with van der Waals surface area (Å²) in [7, 11) is -3.39. The van der Waals surface area contributed by atoms with Crippen LogP contribution in [0.4, 0.5) is 24.5 Å². The number of thioether (sulfide) groups is 1. The van der Waals surface area contributed by atoms with Gasteiger partial charge in [-0.15, -0.1) is 0 Å². The van der Waals surface area contributed by atoms with Gasteiger partial charge in [0.15, 0.2) is 15.0 Å². The zero-order valence-electron chi connectivity index (χ0n) is 16.1. The Morgan fingerprint density at radius 1 is 1.19 bits per heavy atom. The first kappa shape index (κ1) is 22.9. The maximum atomic E-state index is 13.3. The van der Waals surface area contributed by atoms with Crippen LogP contribution in [-0.4, -0.2) is 42.1 Å². The third-order valence-corrected chi connectivity index (χ3v) is 8.21. The monoisotopic (exact) mass is 505 g/mol. The summed E-state index contributed by atoms with van der Waals surface area (Å²) < 4.78 is 64.1. The van der Waals surface area contributed by atoms with Crippen LogP contribution in [-0.2, 0) is 21.8 Å². The number of rotatable bonds is 4. The summed E-state index contributed by atoms with van der Waals surface area (Å²) >= 11 is 7.44. The van der Waals surface area contributed by atoms with Gasteiger partial charge in [0.05, 0.1) is 44.8 Å². The van der Waals surface area contributed by atoms with Crippen LogP contribution in [0.5, 0.6) is 0 Å². The number of nitrogens with zero attached hydrogens (tertiary/aromatic N) is 3. The lowest BCUT2D eigenvalue weighted by Crippen LogP contribution is -2.39. The molecule has 2 aromatic carbocycles. The van der Waals surface area contributed by atoms with Crippen molar-refractivity contribution in [2.75, 3.05) is 16.4 Å². The number of halogens is 4. The van der Waals surface area contributed by atoms with E-state index in [1.807, 2.05) is 0 Å². The minimum Gasteiger partial charge on any atom is -0.313 e. The number of sulfone groups is 1. The molecule has 170 valence electrons. The fourth-order valence-electron chi connectivity index (χ4n) is 3.65. The Hall–Kier alpha value is -2.31. The number of non-ortho nitro benzene ring substituents is 1. The lowest BCUT2D eigenvalue weighted by atomic mass is 10.1. The molecule has 2 atom stereocenters. The van der Waals surface area contributed by atoms with Crippen molar-refractivity contribution in [3.05, 3.63) is 68.7 Å². The van der Waals surface area contributed by atoms with Gasteiger partial charge in [0.25, 0.3) is 5.69 Å². The molecule has 0 aliphatic carbocycles. The quantitative estimate of drug-likeness (QED) is 0.447. The van der Waals surface area contributed by atoms with Crippen LogP contribution < -0.4 is 4.90 Å². The number of nitro benzene ring substituents is 1. The van der Waals surface area contributed by atoms with Gasteiger partial charge in [0, 0.05) is 17.9 Å². The molecule has 7 nitrogen and oxygen atoms in total. The number of anilines is 1. The molecule has 0 bridgehead atoms. The standard InChI is InChI=1S/C19H15ClF3N3O4S2/c20-14-6-3-12(19(21,22)23)7-16(14)25-17-10-32(29,30)9-15(17)24-18(25)31-8-11-1-4-13(5-2-11)26(27)28/h1-7,15,17H,8-10H2/t15-,17+/m0/s1. The molecule has 2 aliphatic rings. The zero-order chi connectivity index (χ0) is 23.3. The van der Waals surface area contributed by atoms with Crippen molar-refractivity contribution >= 4 is 49.7 Å². The number of aliphatic imine (C=N–C) groups is 1. The highest BCUT2D eigenvalue weighted by atomic mass is 35.5. The molecular weight excluding hydrogens is 491 g/mol. The Bertz CT molecular complexity index is 1200. The third-order valence-electron chi connectivity index (χ3n) is 5.16. The number of amidine groups is 1. The fourth-order valence-corrected chi connectivity index (χ4v) is 6.77. The lowest BCUT2D eigenvalue weighted by Gasteiger charge is -2.28. The highest BCUT2D eigenvalue weighted by Crippen LogP contribution is 2.41. The van der Waals surface area contributed by atoms with Gasteiger partial charge >= 0.3 is 6.18 Å². The van der Waals surface area contributed by atoms with Gasteiger partial charge in [-0.05, 0) is 23.8 Å². The molecule has 32 heavy (non-hydrogen) atoms. The van der Waals surface area contributed by atoms with E-state index in [0.29, 0.717) is 10.9 Å². The average Bonchev–Trinajstić information content (AvgIpc) is 3.17. The van der Waals surface area contributed by atoms with Crippen molar-refractivity contribution in [2.45, 2.75) is 24.0 Å². The normalized spacial score (nSPS) is 22.0. The van der Waals surface area contributed by atoms with E-state index in [4.69, 9.17) is 11.6 Å². The fraction of sp³-hybridized carbons (Fsp3) is 0.316. The molecule has 1 saturated heterocycles. The van der Waals surface area contributed by atoms with E-state index in [1.54, 1.807) is 12.1 Å². The van der Waals surface area contributed by atoms with E-state index in [1.165, 1.54) is 28.8 Å². The molecule has 13 heteroatoms. The van der Waals surface area contributed by atoms with Crippen LogP contribution >= 0.6 is 23.4 Å². The third kappa shape index (κ3) is 4.57. The van der Waals surface area contributed by atoms with Gasteiger partial charge in [-0.3, -0.25) is 15.1 Å². The SMILES string of the molecule is O=[N+]([O-])c1ccc(CSC2=N[C@H]3CS(=O)(=O)C[C@H]3N2c2cc(C(F)(F)F)ccc2Cl)cc1. The van der Waals surface area contributed by atoms with Crippen molar-refractivity contribution in [3.63, 3.8) is 0 Å². The first-order chi connectivity index (χ1) is 14.9. The Morgan fingerprint density at radius 3 is 2.50 bits per heavy atom. The average molecular weight is 506 g/mol. The highest BCUT2D eigenvalue weighted by molar-refractivity contribution is 8.13. The Morgan fingerprint density at radius 2 is 1.88 bits per heavy atom. The van der Waals surface area contributed by atoms with Crippen molar-refractivity contribution in [1.82, 2.24) is 0 Å². The van der Waals surface area contributed by atoms with Crippen LogP contribution in [0.25, 0.3) is 0 Å². The van der Waals surface area contributed by atoms with Gasteiger partial charge in [0.1, 0.15) is 0 Å². The lowest BCUT2D eigenvalue weighted by molar-refractivity contribution is -0.384. The highest BCUT2D eigenvalue weighted by Gasteiger charge is 2.48. The van der Waals surface area contributed by atoms with Crippen LogP contribution in [0.2, 0.25) is 5.02 Å². The second kappa shape index (κ2) is 8.23. The summed E-state index contributed by atoms with van der Waals surface area (Å²) in [6, 6.07) is 7.51. The van der Waals surface area contributed by atoms with E-state index >= 15 is 0 Å². The number of hydrogen-bond acceptors (Lipinski definition) is 7. The van der Waals surface area contributed by atoms with E-state index in [-0.39, 0.29) is 27.9 Å². The van der Waals surface area contributed by atoms with Crippen molar-refractivity contribution in [3.8, 4) is 0 Å². The maximum absolute atomic E-state index is 13.3. The Labute approximate surface area is 190 Å². The van der Waals surface area contributed by atoms with E-state index < -0.39 is 38.6 Å². The molecule has 2 heterocycles. The summed E-state index contributed by atoms with van der Waals surface area (Å²) in [6.07, 6.45) is -4.59. The number of benzene rings is 2. The summed E-state index contributed by atoms with van der Waals surface area (Å²) in [4.78, 5) is 16.2. The Balaban J connectivity index is 1.66. The summed E-state index contributed by atoms with van der Waals surface area (Å²) in [5.74, 6) is -0.0994. The van der Waals surface area contributed by atoms with Gasteiger partial charge in [0.2, 0.25) is 0 Å². The minimum atomic E-state index is -4.59. The molecule has 0 unspecified atom stereocenters. The van der Waals surface area contributed by atoms with Crippen molar-refractivity contribution in [2.24, 2.45) is 4.99 Å². The minimum absolute atomic E-state index is 0.0426. The summed E-state index contributed by atoms with van der Waals surface area (Å²) in [5, 5.41) is 11.2. The number of hydrogen-bond donors (Lipinski definition) is 0. The molecule has 2 aromatic rings. The van der Waals surface area contributed by atoms with Gasteiger partial charge in [-0.2, -0.15) is 13.2 Å². The molecule has 0 aromatic heterocycles. The molecule has 0 amide bonds. The number of fused-ring (bicyclic) bond motifs is 1. The largest absolute Gasteiger partial charge is 0.416 e. The predicted molar refractivity (Wildman–Crippen MR) is 117 cm³/mol. The second-order valence-electron chi connectivity index (χ2n) is 7.37. The summed E-state index contributed by atoms with van der Waals surface area (Å²) in [5.41, 5.74) is -0.181. The first-order valence-electron chi connectivity index (χ1n) is 9.25. The first-order valence-corrected chi connectivity index (χ1v) is 12.4. The zero-order valence-corrected chi connectivity index (χ0v) is 18.5. The molecule has 0 saturated carbocycles.